The van der Waals surface area contributed by atoms with E-state index in [4.69, 9.17) is 10.5 Å². The molecule has 2 aromatic rings. The van der Waals surface area contributed by atoms with Gasteiger partial charge in [-0.25, -0.2) is 4.98 Å². The third-order valence-electron chi connectivity index (χ3n) is 2.75. The maximum Gasteiger partial charge on any atom is 0.124 e. The molecule has 2 N–H and O–H groups in total. The fourth-order valence-corrected chi connectivity index (χ4v) is 1.69. The van der Waals surface area contributed by atoms with Crippen molar-refractivity contribution in [3.8, 4) is 17.0 Å². The van der Waals surface area contributed by atoms with Crippen LogP contribution < -0.4 is 10.5 Å². The average Bonchev–Trinajstić information content (AvgIpc) is 3.14. The molecule has 1 fully saturated rings. The Bertz CT molecular complexity index is 518. The van der Waals surface area contributed by atoms with Gasteiger partial charge in [-0.2, -0.15) is 0 Å². The molecule has 0 amide bonds. The molecule has 3 heteroatoms. The number of benzene rings is 1. The van der Waals surface area contributed by atoms with Gasteiger partial charge in [0.05, 0.1) is 11.8 Å². The van der Waals surface area contributed by atoms with Crippen LogP contribution in [0.5, 0.6) is 5.75 Å². The number of rotatable bonds is 3. The molecular formula is C14H14N2O. The van der Waals surface area contributed by atoms with Crippen LogP contribution in [-0.2, 0) is 0 Å². The van der Waals surface area contributed by atoms with Crippen LogP contribution in [0.25, 0.3) is 11.3 Å². The van der Waals surface area contributed by atoms with Gasteiger partial charge in [0, 0.05) is 5.56 Å². The first-order valence-corrected chi connectivity index (χ1v) is 5.81. The summed E-state index contributed by atoms with van der Waals surface area (Å²) >= 11 is 0. The third kappa shape index (κ3) is 2.38. The molecule has 1 heterocycles. The second kappa shape index (κ2) is 4.09. The largest absolute Gasteiger partial charge is 0.490 e. The van der Waals surface area contributed by atoms with Gasteiger partial charge in [0.25, 0.3) is 0 Å². The third-order valence-corrected chi connectivity index (χ3v) is 2.75. The highest BCUT2D eigenvalue weighted by Gasteiger charge is 2.23. The molecule has 0 radical (unpaired) electrons. The summed E-state index contributed by atoms with van der Waals surface area (Å²) in [6.45, 7) is 0. The van der Waals surface area contributed by atoms with Crippen molar-refractivity contribution in [2.75, 3.05) is 5.73 Å². The quantitative estimate of drug-likeness (QED) is 0.875. The smallest absolute Gasteiger partial charge is 0.124 e. The van der Waals surface area contributed by atoms with Gasteiger partial charge in [0.2, 0.25) is 0 Å². The highest BCUT2D eigenvalue weighted by Crippen LogP contribution is 2.28. The van der Waals surface area contributed by atoms with Crippen LogP contribution in [0.15, 0.2) is 42.5 Å². The number of aromatic nitrogens is 1. The summed E-state index contributed by atoms with van der Waals surface area (Å²) in [4.78, 5) is 4.28. The molecular weight excluding hydrogens is 212 g/mol. The van der Waals surface area contributed by atoms with Crippen molar-refractivity contribution in [2.45, 2.75) is 18.9 Å². The Balaban J connectivity index is 1.83. The SMILES string of the molecule is Nc1cccc(-c2ccc(OC3CC3)cc2)n1. The zero-order valence-corrected chi connectivity index (χ0v) is 9.47. The molecule has 0 bridgehead atoms. The second-order valence-electron chi connectivity index (χ2n) is 4.29. The predicted octanol–water partition coefficient (Wildman–Crippen LogP) is 2.87. The number of anilines is 1. The van der Waals surface area contributed by atoms with Gasteiger partial charge < -0.3 is 10.5 Å². The van der Waals surface area contributed by atoms with Gasteiger partial charge in [0.15, 0.2) is 0 Å². The van der Waals surface area contributed by atoms with Crippen LogP contribution in [0.4, 0.5) is 5.82 Å². The molecule has 86 valence electrons. The van der Waals surface area contributed by atoms with E-state index in [-0.39, 0.29) is 0 Å². The van der Waals surface area contributed by atoms with Crippen molar-refractivity contribution in [3.63, 3.8) is 0 Å². The zero-order chi connectivity index (χ0) is 11.7. The van der Waals surface area contributed by atoms with E-state index in [1.807, 2.05) is 36.4 Å². The van der Waals surface area contributed by atoms with E-state index < -0.39 is 0 Å². The number of pyridine rings is 1. The molecule has 3 nitrogen and oxygen atoms in total. The van der Waals surface area contributed by atoms with E-state index >= 15 is 0 Å². The lowest BCUT2D eigenvalue weighted by atomic mass is 10.1. The number of nitrogens with zero attached hydrogens (tertiary/aromatic N) is 1. The Labute approximate surface area is 100 Å². The lowest BCUT2D eigenvalue weighted by molar-refractivity contribution is 0.303. The fourth-order valence-electron chi connectivity index (χ4n) is 1.69. The van der Waals surface area contributed by atoms with Gasteiger partial charge in [-0.3, -0.25) is 0 Å². The normalized spacial score (nSPS) is 14.6. The molecule has 0 atom stereocenters. The minimum absolute atomic E-state index is 0.436. The zero-order valence-electron chi connectivity index (χ0n) is 9.47. The average molecular weight is 226 g/mol. The van der Waals surface area contributed by atoms with Gasteiger partial charge in [-0.1, -0.05) is 6.07 Å². The van der Waals surface area contributed by atoms with Crippen LogP contribution in [0.1, 0.15) is 12.8 Å². The van der Waals surface area contributed by atoms with E-state index in [9.17, 15) is 0 Å². The van der Waals surface area contributed by atoms with Crippen LogP contribution in [-0.4, -0.2) is 11.1 Å². The summed E-state index contributed by atoms with van der Waals surface area (Å²) in [5.41, 5.74) is 7.61. The van der Waals surface area contributed by atoms with E-state index in [0.29, 0.717) is 11.9 Å². The summed E-state index contributed by atoms with van der Waals surface area (Å²) in [5, 5.41) is 0. The first kappa shape index (κ1) is 10.1. The summed E-state index contributed by atoms with van der Waals surface area (Å²) in [6, 6.07) is 13.6. The molecule has 1 aliphatic rings. The highest BCUT2D eigenvalue weighted by molar-refractivity contribution is 5.61. The van der Waals surface area contributed by atoms with Crippen LogP contribution >= 0.6 is 0 Å². The Morgan fingerprint density at radius 1 is 1.06 bits per heavy atom. The van der Waals surface area contributed by atoms with Crippen LogP contribution in [0, 0.1) is 0 Å². The van der Waals surface area contributed by atoms with E-state index in [1.54, 1.807) is 6.07 Å². The number of hydrogen-bond donors (Lipinski definition) is 1. The maximum absolute atomic E-state index is 5.69. The van der Waals surface area contributed by atoms with Crippen molar-refractivity contribution in [1.29, 1.82) is 0 Å². The molecule has 0 saturated heterocycles. The Morgan fingerprint density at radius 2 is 1.82 bits per heavy atom. The van der Waals surface area contributed by atoms with Gasteiger partial charge >= 0.3 is 0 Å². The Morgan fingerprint density at radius 3 is 2.47 bits per heavy atom. The van der Waals surface area contributed by atoms with Crippen molar-refractivity contribution in [2.24, 2.45) is 0 Å². The number of nitrogens with two attached hydrogens (primary N) is 1. The van der Waals surface area contributed by atoms with Crippen molar-refractivity contribution >= 4 is 5.82 Å². The van der Waals surface area contributed by atoms with Gasteiger partial charge in [-0.15, -0.1) is 0 Å². The minimum Gasteiger partial charge on any atom is -0.490 e. The van der Waals surface area contributed by atoms with Crippen molar-refractivity contribution < 1.29 is 4.74 Å². The molecule has 1 saturated carbocycles. The topological polar surface area (TPSA) is 48.1 Å². The van der Waals surface area contributed by atoms with Gasteiger partial charge in [-0.05, 0) is 49.2 Å². The first-order valence-electron chi connectivity index (χ1n) is 5.81. The number of ether oxygens (including phenoxy) is 1. The van der Waals surface area contributed by atoms with E-state index in [2.05, 4.69) is 4.98 Å². The number of hydrogen-bond acceptors (Lipinski definition) is 3. The second-order valence-corrected chi connectivity index (χ2v) is 4.29. The first-order chi connectivity index (χ1) is 8.31. The molecule has 0 spiro atoms. The lowest BCUT2D eigenvalue weighted by Gasteiger charge is -2.06. The summed E-state index contributed by atoms with van der Waals surface area (Å²) in [7, 11) is 0. The molecule has 1 aromatic heterocycles. The lowest BCUT2D eigenvalue weighted by Crippen LogP contribution is -1.95. The fraction of sp³-hybridized carbons (Fsp3) is 0.214. The van der Waals surface area contributed by atoms with Crippen molar-refractivity contribution in [1.82, 2.24) is 4.98 Å². The van der Waals surface area contributed by atoms with E-state index in [0.717, 1.165) is 17.0 Å². The maximum atomic E-state index is 5.69. The van der Waals surface area contributed by atoms with Crippen LogP contribution in [0.3, 0.4) is 0 Å². The molecule has 0 unspecified atom stereocenters. The standard InChI is InChI=1S/C14H14N2O/c15-14-3-1-2-13(16-14)10-4-6-11(7-5-10)17-12-8-9-12/h1-7,12H,8-9H2,(H2,15,16). The Hall–Kier alpha value is -2.03. The van der Waals surface area contributed by atoms with Gasteiger partial charge in [0.1, 0.15) is 11.6 Å². The van der Waals surface area contributed by atoms with E-state index in [1.165, 1.54) is 12.8 Å². The molecule has 1 aromatic carbocycles. The molecule has 0 aliphatic heterocycles. The Kier molecular flexibility index (Phi) is 2.44. The molecule has 3 rings (SSSR count). The van der Waals surface area contributed by atoms with Crippen molar-refractivity contribution in [3.05, 3.63) is 42.5 Å². The summed E-state index contributed by atoms with van der Waals surface area (Å²) in [6.07, 6.45) is 2.79. The highest BCUT2D eigenvalue weighted by atomic mass is 16.5. The predicted molar refractivity (Wildman–Crippen MR) is 67.7 cm³/mol. The summed E-state index contributed by atoms with van der Waals surface area (Å²) in [5.74, 6) is 1.47. The molecule has 17 heavy (non-hydrogen) atoms. The van der Waals surface area contributed by atoms with Crippen LogP contribution in [0.2, 0.25) is 0 Å². The summed E-state index contributed by atoms with van der Waals surface area (Å²) < 4.78 is 5.69. The minimum atomic E-state index is 0.436. The number of nitrogen functional groups attached to an aromatic ring is 1. The monoisotopic (exact) mass is 226 g/mol. The molecule has 1 aliphatic carbocycles.